The van der Waals surface area contributed by atoms with E-state index in [4.69, 9.17) is 0 Å². The molecule has 0 unspecified atom stereocenters. The maximum Gasteiger partial charge on any atom is 0.351 e. The second-order valence-electron chi connectivity index (χ2n) is 2.06. The average molecular weight is 216 g/mol. The summed E-state index contributed by atoms with van der Waals surface area (Å²) in [6.45, 7) is 1.82. The Labute approximate surface area is 72.8 Å². The molecule has 0 aliphatic heterocycles. The van der Waals surface area contributed by atoms with Crippen LogP contribution in [0, 0.1) is 6.92 Å². The first-order valence-corrected chi connectivity index (χ1v) is 3.64. The van der Waals surface area contributed by atoms with Crippen LogP contribution in [0.5, 0.6) is 0 Å². The third-order valence-corrected chi connectivity index (χ3v) is 1.62. The molecular weight excluding hydrogens is 210 g/mol. The molecule has 0 saturated carbocycles. The number of halogens is 1. The van der Waals surface area contributed by atoms with Gasteiger partial charge < -0.3 is 3.83 Å². The van der Waals surface area contributed by atoms with Crippen molar-refractivity contribution in [1.29, 1.82) is 0 Å². The number of aromatic nitrogens is 1. The van der Waals surface area contributed by atoms with Gasteiger partial charge in [-0.25, -0.2) is 4.79 Å². The van der Waals surface area contributed by atoms with Crippen LogP contribution in [-0.2, 0) is 3.83 Å². The molecule has 0 bridgehead atoms. The highest BCUT2D eigenvalue weighted by Crippen LogP contribution is 2.07. The standard InChI is InChI=1S/C7H6BrNO2/c1-5-2-3-9-4-6(5)7(10)11-8/h2-4H,1H3. The fourth-order valence-corrected chi connectivity index (χ4v) is 0.894. The van der Waals surface area contributed by atoms with Crippen molar-refractivity contribution in [1.82, 2.24) is 4.98 Å². The van der Waals surface area contributed by atoms with Gasteiger partial charge in [0.25, 0.3) is 0 Å². The van der Waals surface area contributed by atoms with E-state index in [9.17, 15) is 4.79 Å². The van der Waals surface area contributed by atoms with E-state index in [-0.39, 0.29) is 0 Å². The molecule has 0 aromatic carbocycles. The molecule has 0 atom stereocenters. The van der Waals surface area contributed by atoms with Gasteiger partial charge in [-0.3, -0.25) is 4.98 Å². The normalized spacial score (nSPS) is 9.27. The van der Waals surface area contributed by atoms with Crippen molar-refractivity contribution in [3.63, 3.8) is 0 Å². The Morgan fingerprint density at radius 2 is 2.45 bits per heavy atom. The van der Waals surface area contributed by atoms with Crippen LogP contribution in [0.4, 0.5) is 0 Å². The summed E-state index contributed by atoms with van der Waals surface area (Å²) in [6, 6.07) is 1.75. The van der Waals surface area contributed by atoms with Gasteiger partial charge in [-0.1, -0.05) is 0 Å². The van der Waals surface area contributed by atoms with Gasteiger partial charge >= 0.3 is 5.97 Å². The summed E-state index contributed by atoms with van der Waals surface area (Å²) >= 11 is 2.61. The fraction of sp³-hybridized carbons (Fsp3) is 0.143. The Morgan fingerprint density at radius 3 is 3.00 bits per heavy atom. The van der Waals surface area contributed by atoms with E-state index >= 15 is 0 Å². The molecule has 0 fully saturated rings. The molecule has 4 heteroatoms. The van der Waals surface area contributed by atoms with E-state index in [0.717, 1.165) is 5.56 Å². The zero-order chi connectivity index (χ0) is 8.27. The van der Waals surface area contributed by atoms with Crippen LogP contribution >= 0.6 is 16.3 Å². The van der Waals surface area contributed by atoms with Crippen molar-refractivity contribution < 1.29 is 8.62 Å². The van der Waals surface area contributed by atoms with Crippen LogP contribution in [0.15, 0.2) is 18.5 Å². The second-order valence-corrected chi connectivity index (χ2v) is 2.38. The van der Waals surface area contributed by atoms with Crippen molar-refractivity contribution in [2.75, 3.05) is 0 Å². The summed E-state index contributed by atoms with van der Waals surface area (Å²) in [7, 11) is 0. The molecular formula is C7H6BrNO2. The Bertz CT molecular complexity index is 275. The summed E-state index contributed by atoms with van der Waals surface area (Å²) in [4.78, 5) is 14.7. The van der Waals surface area contributed by atoms with Gasteiger partial charge in [0.2, 0.25) is 0 Å². The molecule has 1 rings (SSSR count). The van der Waals surface area contributed by atoms with Crippen LogP contribution < -0.4 is 0 Å². The number of pyridine rings is 1. The predicted molar refractivity (Wildman–Crippen MR) is 43.3 cm³/mol. The van der Waals surface area contributed by atoms with E-state index in [1.807, 2.05) is 6.92 Å². The van der Waals surface area contributed by atoms with Crippen molar-refractivity contribution in [3.8, 4) is 0 Å². The average Bonchev–Trinajstić information content (AvgIpc) is 2.04. The van der Waals surface area contributed by atoms with Crippen LogP contribution in [0.1, 0.15) is 15.9 Å². The molecule has 0 N–H and O–H groups in total. The van der Waals surface area contributed by atoms with Crippen LogP contribution in [0.3, 0.4) is 0 Å². The Kier molecular flexibility index (Phi) is 2.59. The van der Waals surface area contributed by atoms with Crippen molar-refractivity contribution in [2.24, 2.45) is 0 Å². The number of rotatable bonds is 1. The first-order valence-electron chi connectivity index (χ1n) is 2.99. The van der Waals surface area contributed by atoms with Gasteiger partial charge in [0.1, 0.15) is 0 Å². The van der Waals surface area contributed by atoms with E-state index < -0.39 is 5.97 Å². The molecule has 0 radical (unpaired) electrons. The molecule has 1 heterocycles. The first kappa shape index (κ1) is 8.20. The summed E-state index contributed by atoms with van der Waals surface area (Å²) < 4.78 is 4.35. The molecule has 58 valence electrons. The lowest BCUT2D eigenvalue weighted by Gasteiger charge is -1.98. The molecule has 0 aliphatic rings. The van der Waals surface area contributed by atoms with E-state index in [1.165, 1.54) is 6.20 Å². The number of nitrogens with zero attached hydrogens (tertiary/aromatic N) is 1. The van der Waals surface area contributed by atoms with Crippen molar-refractivity contribution in [3.05, 3.63) is 29.6 Å². The monoisotopic (exact) mass is 215 g/mol. The van der Waals surface area contributed by atoms with Crippen molar-refractivity contribution >= 4 is 22.2 Å². The second kappa shape index (κ2) is 3.48. The number of aryl methyl sites for hydroxylation is 1. The summed E-state index contributed by atoms with van der Waals surface area (Å²) in [6.07, 6.45) is 3.10. The Hall–Kier alpha value is -0.900. The topological polar surface area (TPSA) is 39.2 Å². The molecule has 3 nitrogen and oxygen atoms in total. The molecule has 11 heavy (non-hydrogen) atoms. The Balaban J connectivity index is 3.03. The van der Waals surface area contributed by atoms with E-state index in [1.54, 1.807) is 12.3 Å². The molecule has 0 spiro atoms. The number of carbonyl (C=O) groups is 1. The number of carbonyl (C=O) groups excluding carboxylic acids is 1. The van der Waals surface area contributed by atoms with E-state index in [2.05, 4.69) is 25.1 Å². The van der Waals surface area contributed by atoms with Crippen molar-refractivity contribution in [2.45, 2.75) is 6.92 Å². The minimum absolute atomic E-state index is 0.421. The zero-order valence-corrected chi connectivity index (χ0v) is 7.46. The van der Waals surface area contributed by atoms with Crippen LogP contribution in [-0.4, -0.2) is 11.0 Å². The van der Waals surface area contributed by atoms with E-state index in [0.29, 0.717) is 5.56 Å². The number of hydrogen-bond acceptors (Lipinski definition) is 3. The Morgan fingerprint density at radius 1 is 1.73 bits per heavy atom. The minimum atomic E-state index is -0.421. The zero-order valence-electron chi connectivity index (χ0n) is 5.87. The summed E-state index contributed by atoms with van der Waals surface area (Å²) in [5.41, 5.74) is 1.33. The quantitative estimate of drug-likeness (QED) is 0.719. The van der Waals surface area contributed by atoms with Gasteiger partial charge in [0.15, 0.2) is 16.3 Å². The smallest absolute Gasteiger partial charge is 0.351 e. The fourth-order valence-electron chi connectivity index (χ4n) is 0.719. The van der Waals surface area contributed by atoms with Gasteiger partial charge in [0, 0.05) is 12.4 Å². The third-order valence-electron chi connectivity index (χ3n) is 1.33. The molecule has 1 aromatic rings. The number of hydrogen-bond donors (Lipinski definition) is 0. The SMILES string of the molecule is Cc1ccncc1C(=O)OBr. The first-order chi connectivity index (χ1) is 5.25. The van der Waals surface area contributed by atoms with Gasteiger partial charge in [-0.2, -0.15) is 0 Å². The maximum absolute atomic E-state index is 10.9. The largest absolute Gasteiger partial charge is 0.380 e. The molecule has 0 saturated heterocycles. The maximum atomic E-state index is 10.9. The van der Waals surface area contributed by atoms with Crippen LogP contribution in [0.2, 0.25) is 0 Å². The minimum Gasteiger partial charge on any atom is -0.380 e. The molecule has 0 aliphatic carbocycles. The van der Waals surface area contributed by atoms with Gasteiger partial charge in [-0.05, 0) is 18.6 Å². The lowest BCUT2D eigenvalue weighted by molar-refractivity contribution is 0.0781. The van der Waals surface area contributed by atoms with Gasteiger partial charge in [0.05, 0.1) is 5.56 Å². The summed E-state index contributed by atoms with van der Waals surface area (Å²) in [5.74, 6) is -0.421. The molecule has 0 amide bonds. The predicted octanol–water partition coefficient (Wildman–Crippen LogP) is 1.86. The summed E-state index contributed by atoms with van der Waals surface area (Å²) in [5, 5.41) is 0. The third kappa shape index (κ3) is 1.77. The highest BCUT2D eigenvalue weighted by molar-refractivity contribution is 9.06. The van der Waals surface area contributed by atoms with Crippen LogP contribution in [0.25, 0.3) is 0 Å². The highest BCUT2D eigenvalue weighted by atomic mass is 79.9. The lowest BCUT2D eigenvalue weighted by atomic mass is 10.2. The molecule has 1 aromatic heterocycles. The lowest BCUT2D eigenvalue weighted by Crippen LogP contribution is -2.00. The van der Waals surface area contributed by atoms with Gasteiger partial charge in [-0.15, -0.1) is 0 Å². The highest BCUT2D eigenvalue weighted by Gasteiger charge is 2.08.